The minimum atomic E-state index is -1.06. The molecule has 5 nitrogen and oxygen atoms in total. The molecule has 0 aromatic heterocycles. The Bertz CT molecular complexity index is 641. The summed E-state index contributed by atoms with van der Waals surface area (Å²) in [5, 5.41) is 3.34. The molecule has 5 heteroatoms. The lowest BCUT2D eigenvalue weighted by Gasteiger charge is -2.31. The average Bonchev–Trinajstić information content (AvgIpc) is 2.51. The van der Waals surface area contributed by atoms with Crippen molar-refractivity contribution in [3.63, 3.8) is 0 Å². The summed E-state index contributed by atoms with van der Waals surface area (Å²) in [5.41, 5.74) is 1.80. The van der Waals surface area contributed by atoms with Crippen LogP contribution in [-0.4, -0.2) is 31.8 Å². The Kier molecular flexibility index (Phi) is 8.20. The number of nitrogens with one attached hydrogen (secondary N) is 1. The van der Waals surface area contributed by atoms with E-state index in [1.807, 2.05) is 25.1 Å². The zero-order chi connectivity index (χ0) is 20.8. The van der Waals surface area contributed by atoms with E-state index in [1.165, 1.54) is 7.11 Å². The van der Waals surface area contributed by atoms with Crippen LogP contribution in [0.15, 0.2) is 30.5 Å². The molecule has 0 atom stereocenters. The maximum Gasteiger partial charge on any atom is 0.349 e. The summed E-state index contributed by atoms with van der Waals surface area (Å²) < 4.78 is 10.7. The summed E-state index contributed by atoms with van der Waals surface area (Å²) in [5.74, 6) is 1.26. The largest absolute Gasteiger partial charge is 0.476 e. The molecule has 0 aliphatic rings. The van der Waals surface area contributed by atoms with Gasteiger partial charge in [0.05, 0.1) is 18.5 Å². The Morgan fingerprint density at radius 2 is 1.74 bits per heavy atom. The SMILES string of the molecule is C=C(C)Nc1cc(OC(C)(C)C(=O)OC)ccc1N(CC(C)C)CC(C)C. The standard InChI is InChI=1S/C22H36N2O3/c1-15(2)13-24(14-16(3)4)20-11-10-18(12-19(20)23-17(5)6)27-22(7,8)21(25)26-9/h10-12,15-16,23H,5,13-14H2,1-4,6-9H3. The highest BCUT2D eigenvalue weighted by atomic mass is 16.6. The van der Waals surface area contributed by atoms with Crippen molar-refractivity contribution in [2.24, 2.45) is 11.8 Å². The molecule has 1 aromatic rings. The zero-order valence-corrected chi connectivity index (χ0v) is 18.2. The fourth-order valence-electron chi connectivity index (χ4n) is 2.92. The predicted octanol–water partition coefficient (Wildman–Crippen LogP) is 5.08. The molecule has 0 saturated carbocycles. The number of methoxy groups -OCH3 is 1. The van der Waals surface area contributed by atoms with Crippen LogP contribution in [-0.2, 0) is 9.53 Å². The number of rotatable bonds is 10. The second kappa shape index (κ2) is 9.67. The molecular formula is C22H36N2O3. The molecule has 0 aliphatic carbocycles. The number of anilines is 2. The van der Waals surface area contributed by atoms with Gasteiger partial charge in [-0.05, 0) is 44.7 Å². The molecule has 0 amide bonds. The van der Waals surface area contributed by atoms with Crippen molar-refractivity contribution < 1.29 is 14.3 Å². The summed E-state index contributed by atoms with van der Waals surface area (Å²) in [6, 6.07) is 5.86. The number of ether oxygens (including phenoxy) is 2. The van der Waals surface area contributed by atoms with E-state index in [9.17, 15) is 4.79 Å². The molecule has 1 N–H and O–H groups in total. The molecule has 1 rings (SSSR count). The third-order valence-electron chi connectivity index (χ3n) is 3.88. The number of carbonyl (C=O) groups is 1. The lowest BCUT2D eigenvalue weighted by Crippen LogP contribution is -2.39. The van der Waals surface area contributed by atoms with E-state index in [2.05, 4.69) is 44.5 Å². The van der Waals surface area contributed by atoms with Crippen LogP contribution in [0.5, 0.6) is 5.75 Å². The van der Waals surface area contributed by atoms with E-state index >= 15 is 0 Å². The number of esters is 1. The van der Waals surface area contributed by atoms with Crippen molar-refractivity contribution in [3.05, 3.63) is 30.5 Å². The lowest BCUT2D eigenvalue weighted by atomic mass is 10.1. The zero-order valence-electron chi connectivity index (χ0n) is 18.2. The van der Waals surface area contributed by atoms with Crippen molar-refractivity contribution in [1.82, 2.24) is 0 Å². The van der Waals surface area contributed by atoms with Gasteiger partial charge in [0, 0.05) is 24.9 Å². The Balaban J connectivity index is 3.28. The van der Waals surface area contributed by atoms with E-state index in [4.69, 9.17) is 9.47 Å². The molecular weight excluding hydrogens is 340 g/mol. The molecule has 0 fully saturated rings. The van der Waals surface area contributed by atoms with Crippen LogP contribution in [0.25, 0.3) is 0 Å². The third kappa shape index (κ3) is 7.16. The van der Waals surface area contributed by atoms with Crippen molar-refractivity contribution in [1.29, 1.82) is 0 Å². The Morgan fingerprint density at radius 1 is 1.19 bits per heavy atom. The first-order valence-electron chi connectivity index (χ1n) is 9.55. The van der Waals surface area contributed by atoms with Gasteiger partial charge in [0.25, 0.3) is 0 Å². The van der Waals surface area contributed by atoms with Crippen molar-refractivity contribution in [2.75, 3.05) is 30.4 Å². The number of nitrogens with zero attached hydrogens (tertiary/aromatic N) is 1. The van der Waals surface area contributed by atoms with Crippen LogP contribution >= 0.6 is 0 Å². The van der Waals surface area contributed by atoms with Gasteiger partial charge in [-0.25, -0.2) is 4.79 Å². The van der Waals surface area contributed by atoms with Crippen LogP contribution in [0.3, 0.4) is 0 Å². The van der Waals surface area contributed by atoms with Crippen LogP contribution < -0.4 is 15.0 Å². The topological polar surface area (TPSA) is 50.8 Å². The Morgan fingerprint density at radius 3 is 2.19 bits per heavy atom. The highest BCUT2D eigenvalue weighted by molar-refractivity contribution is 5.79. The van der Waals surface area contributed by atoms with E-state index in [0.717, 1.165) is 30.2 Å². The number of carbonyl (C=O) groups excluding carboxylic acids is 1. The van der Waals surface area contributed by atoms with Crippen LogP contribution in [0.4, 0.5) is 11.4 Å². The van der Waals surface area contributed by atoms with Crippen LogP contribution in [0, 0.1) is 11.8 Å². The molecule has 0 unspecified atom stereocenters. The molecule has 0 bridgehead atoms. The first kappa shape index (κ1) is 22.9. The second-order valence-electron chi connectivity index (χ2n) is 8.38. The van der Waals surface area contributed by atoms with Gasteiger partial charge in [0.1, 0.15) is 5.75 Å². The summed E-state index contributed by atoms with van der Waals surface area (Å²) >= 11 is 0. The first-order chi connectivity index (χ1) is 12.5. The molecule has 0 radical (unpaired) electrons. The van der Waals surface area contributed by atoms with E-state index in [1.54, 1.807) is 13.8 Å². The summed E-state index contributed by atoms with van der Waals surface area (Å²) in [4.78, 5) is 14.3. The van der Waals surface area contributed by atoms with Crippen LogP contribution in [0.2, 0.25) is 0 Å². The highest BCUT2D eigenvalue weighted by Gasteiger charge is 2.31. The normalized spacial score (nSPS) is 11.5. The average molecular weight is 377 g/mol. The second-order valence-corrected chi connectivity index (χ2v) is 8.38. The smallest absolute Gasteiger partial charge is 0.349 e. The predicted molar refractivity (Wildman–Crippen MR) is 113 cm³/mol. The van der Waals surface area contributed by atoms with Crippen LogP contribution in [0.1, 0.15) is 48.5 Å². The summed E-state index contributed by atoms with van der Waals surface area (Å²) in [6.45, 7) is 20.1. The lowest BCUT2D eigenvalue weighted by molar-refractivity contribution is -0.156. The number of benzene rings is 1. The fraction of sp³-hybridized carbons (Fsp3) is 0.591. The number of allylic oxidation sites excluding steroid dienone is 1. The van der Waals surface area contributed by atoms with Gasteiger partial charge in [0.2, 0.25) is 0 Å². The van der Waals surface area contributed by atoms with E-state index in [0.29, 0.717) is 17.6 Å². The quantitative estimate of drug-likeness (QED) is 0.577. The Labute approximate surface area is 164 Å². The summed E-state index contributed by atoms with van der Waals surface area (Å²) in [7, 11) is 1.36. The number of hydrogen-bond donors (Lipinski definition) is 1. The minimum Gasteiger partial charge on any atom is -0.476 e. The van der Waals surface area contributed by atoms with Gasteiger partial charge in [-0.1, -0.05) is 34.3 Å². The van der Waals surface area contributed by atoms with Gasteiger partial charge < -0.3 is 19.7 Å². The van der Waals surface area contributed by atoms with Gasteiger partial charge in [-0.2, -0.15) is 0 Å². The molecule has 0 spiro atoms. The molecule has 27 heavy (non-hydrogen) atoms. The van der Waals surface area contributed by atoms with Crippen molar-refractivity contribution in [3.8, 4) is 5.75 Å². The van der Waals surface area contributed by atoms with Gasteiger partial charge in [0.15, 0.2) is 5.60 Å². The van der Waals surface area contributed by atoms with Gasteiger partial charge in [-0.3, -0.25) is 0 Å². The maximum absolute atomic E-state index is 11.9. The third-order valence-corrected chi connectivity index (χ3v) is 3.88. The maximum atomic E-state index is 11.9. The van der Waals surface area contributed by atoms with E-state index < -0.39 is 11.6 Å². The molecule has 1 aromatic carbocycles. The van der Waals surface area contributed by atoms with E-state index in [-0.39, 0.29) is 0 Å². The first-order valence-corrected chi connectivity index (χ1v) is 9.55. The highest BCUT2D eigenvalue weighted by Crippen LogP contribution is 2.33. The van der Waals surface area contributed by atoms with Crippen molar-refractivity contribution >= 4 is 17.3 Å². The fourth-order valence-corrected chi connectivity index (χ4v) is 2.92. The van der Waals surface area contributed by atoms with Crippen molar-refractivity contribution in [2.45, 2.75) is 54.1 Å². The number of hydrogen-bond acceptors (Lipinski definition) is 5. The molecule has 0 saturated heterocycles. The molecule has 152 valence electrons. The van der Waals surface area contributed by atoms with Gasteiger partial charge >= 0.3 is 5.97 Å². The minimum absolute atomic E-state index is 0.415. The Hall–Kier alpha value is -2.17. The molecule has 0 heterocycles. The van der Waals surface area contributed by atoms with Gasteiger partial charge in [-0.15, -0.1) is 0 Å². The summed E-state index contributed by atoms with van der Waals surface area (Å²) in [6.07, 6.45) is 0. The molecule has 0 aliphatic heterocycles. The monoisotopic (exact) mass is 376 g/mol.